The van der Waals surface area contributed by atoms with Crippen LogP contribution in [0, 0.1) is 0 Å². The van der Waals surface area contributed by atoms with Crippen LogP contribution in [0.1, 0.15) is 50.2 Å². The molecule has 0 spiro atoms. The molecular weight excluding hydrogens is 646 g/mol. The van der Waals surface area contributed by atoms with Crippen molar-refractivity contribution in [3.05, 3.63) is 125 Å². The lowest BCUT2D eigenvalue weighted by molar-refractivity contribution is -0.140. The molecular formula is C38H42ClN3O5S. The van der Waals surface area contributed by atoms with E-state index in [1.807, 2.05) is 49.4 Å². The molecule has 0 aromatic heterocycles. The number of carbonyl (C=O) groups is 2. The van der Waals surface area contributed by atoms with E-state index in [9.17, 15) is 18.0 Å². The number of rotatable bonds is 14. The van der Waals surface area contributed by atoms with Crippen molar-refractivity contribution in [2.45, 2.75) is 69.0 Å². The third-order valence-electron chi connectivity index (χ3n) is 8.57. The van der Waals surface area contributed by atoms with E-state index in [1.165, 1.54) is 17.0 Å². The average molecular weight is 688 g/mol. The zero-order chi connectivity index (χ0) is 33.9. The lowest BCUT2D eigenvalue weighted by Gasteiger charge is -2.35. The number of ether oxygens (including phenoxy) is 1. The van der Waals surface area contributed by atoms with Crippen LogP contribution in [-0.2, 0) is 32.6 Å². The van der Waals surface area contributed by atoms with E-state index < -0.39 is 28.5 Å². The summed E-state index contributed by atoms with van der Waals surface area (Å²) >= 11 is 6.61. The molecule has 0 aliphatic heterocycles. The quantitative estimate of drug-likeness (QED) is 0.154. The fraction of sp³-hybridized carbons (Fsp3) is 0.316. The van der Waals surface area contributed by atoms with Crippen molar-refractivity contribution in [2.24, 2.45) is 0 Å². The van der Waals surface area contributed by atoms with E-state index in [2.05, 4.69) is 5.32 Å². The highest BCUT2D eigenvalue weighted by atomic mass is 35.5. The van der Waals surface area contributed by atoms with Crippen LogP contribution in [0.3, 0.4) is 0 Å². The van der Waals surface area contributed by atoms with Gasteiger partial charge < -0.3 is 15.0 Å². The zero-order valence-electron chi connectivity index (χ0n) is 27.1. The number of sulfonamides is 1. The Morgan fingerprint density at radius 3 is 2.12 bits per heavy atom. The number of nitrogens with one attached hydrogen (secondary N) is 1. The highest BCUT2D eigenvalue weighted by molar-refractivity contribution is 7.92. The standard InChI is InChI=1S/C38H42ClN3O5S/c1-2-47-33-22-24-34(25-23-33)48(45,46)42(32-19-10-5-11-20-32)28-37(43)41(27-30-16-12-13-21-35(30)39)36(26-29-14-6-3-7-15-29)38(44)40-31-17-8-4-9-18-31/h3,5-7,10-16,19-25,31,36H,2,4,8-9,17-18,26-28H2,1H3,(H,40,44). The summed E-state index contributed by atoms with van der Waals surface area (Å²) in [5.41, 5.74) is 1.85. The van der Waals surface area contributed by atoms with Crippen molar-refractivity contribution < 1.29 is 22.7 Å². The van der Waals surface area contributed by atoms with Crippen molar-refractivity contribution >= 4 is 39.1 Å². The van der Waals surface area contributed by atoms with E-state index >= 15 is 0 Å². The van der Waals surface area contributed by atoms with Crippen LogP contribution < -0.4 is 14.4 Å². The summed E-state index contributed by atoms with van der Waals surface area (Å²) in [5.74, 6) is -0.266. The Kier molecular flexibility index (Phi) is 12.1. The maximum absolute atomic E-state index is 14.7. The monoisotopic (exact) mass is 687 g/mol. The second kappa shape index (κ2) is 16.7. The summed E-state index contributed by atoms with van der Waals surface area (Å²) in [6, 6.07) is 30.4. The summed E-state index contributed by atoms with van der Waals surface area (Å²) in [4.78, 5) is 30.4. The molecule has 0 heterocycles. The predicted molar refractivity (Wildman–Crippen MR) is 190 cm³/mol. The molecule has 4 aromatic rings. The molecule has 1 saturated carbocycles. The van der Waals surface area contributed by atoms with Crippen molar-refractivity contribution in [3.8, 4) is 5.75 Å². The summed E-state index contributed by atoms with van der Waals surface area (Å²) in [7, 11) is -4.22. The van der Waals surface area contributed by atoms with Gasteiger partial charge in [0.15, 0.2) is 0 Å². The molecule has 1 aliphatic carbocycles. The van der Waals surface area contributed by atoms with E-state index in [4.69, 9.17) is 16.3 Å². The van der Waals surface area contributed by atoms with Crippen LogP contribution in [0.5, 0.6) is 5.75 Å². The number of carbonyl (C=O) groups excluding carboxylic acids is 2. The fourth-order valence-corrected chi connectivity index (χ4v) is 7.64. The number of halogens is 1. The van der Waals surface area contributed by atoms with Crippen LogP contribution in [0.2, 0.25) is 5.02 Å². The van der Waals surface area contributed by atoms with E-state index in [0.717, 1.165) is 42.0 Å². The second-order valence-electron chi connectivity index (χ2n) is 11.9. The number of amides is 2. The summed E-state index contributed by atoms with van der Waals surface area (Å²) in [6.45, 7) is 1.77. The highest BCUT2D eigenvalue weighted by Crippen LogP contribution is 2.27. The molecule has 1 unspecified atom stereocenters. The van der Waals surface area contributed by atoms with Crippen LogP contribution >= 0.6 is 11.6 Å². The zero-order valence-corrected chi connectivity index (χ0v) is 28.7. The Bertz CT molecular complexity index is 1750. The molecule has 4 aromatic carbocycles. The molecule has 1 fully saturated rings. The lowest BCUT2D eigenvalue weighted by Crippen LogP contribution is -2.55. The first-order chi connectivity index (χ1) is 23.3. The first-order valence-electron chi connectivity index (χ1n) is 16.4. The van der Waals surface area contributed by atoms with Crippen molar-refractivity contribution in [3.63, 3.8) is 0 Å². The van der Waals surface area contributed by atoms with Crippen molar-refractivity contribution in [1.82, 2.24) is 10.2 Å². The predicted octanol–water partition coefficient (Wildman–Crippen LogP) is 7.02. The number of hydrogen-bond acceptors (Lipinski definition) is 5. The largest absolute Gasteiger partial charge is 0.494 e. The van der Waals surface area contributed by atoms with Crippen LogP contribution in [0.25, 0.3) is 0 Å². The maximum Gasteiger partial charge on any atom is 0.264 e. The molecule has 1 atom stereocenters. The first-order valence-corrected chi connectivity index (χ1v) is 18.3. The van der Waals surface area contributed by atoms with E-state index in [1.54, 1.807) is 54.6 Å². The van der Waals surface area contributed by atoms with Gasteiger partial charge >= 0.3 is 0 Å². The third kappa shape index (κ3) is 8.96. The number of anilines is 1. The highest BCUT2D eigenvalue weighted by Gasteiger charge is 2.35. The smallest absolute Gasteiger partial charge is 0.264 e. The van der Waals surface area contributed by atoms with Gasteiger partial charge in [-0.05, 0) is 73.4 Å². The Hall–Kier alpha value is -4.34. The van der Waals surface area contributed by atoms with Gasteiger partial charge in [-0.3, -0.25) is 13.9 Å². The molecule has 1 N–H and O–H groups in total. The molecule has 0 radical (unpaired) electrons. The van der Waals surface area contributed by atoms with Gasteiger partial charge in [-0.2, -0.15) is 0 Å². The average Bonchev–Trinajstić information content (AvgIpc) is 3.11. The number of para-hydroxylation sites is 1. The molecule has 48 heavy (non-hydrogen) atoms. The third-order valence-corrected chi connectivity index (χ3v) is 10.7. The molecule has 1 aliphatic rings. The summed E-state index contributed by atoms with van der Waals surface area (Å²) in [6.07, 6.45) is 5.20. The van der Waals surface area contributed by atoms with Gasteiger partial charge in [0.1, 0.15) is 18.3 Å². The number of nitrogens with zero attached hydrogens (tertiary/aromatic N) is 2. The van der Waals surface area contributed by atoms with Gasteiger partial charge in [0.05, 0.1) is 17.2 Å². The van der Waals surface area contributed by atoms with Gasteiger partial charge in [-0.15, -0.1) is 0 Å². The Morgan fingerprint density at radius 1 is 0.854 bits per heavy atom. The lowest BCUT2D eigenvalue weighted by atomic mass is 9.94. The van der Waals surface area contributed by atoms with Crippen molar-refractivity contribution in [2.75, 3.05) is 17.5 Å². The fourth-order valence-electron chi connectivity index (χ4n) is 6.03. The van der Waals surface area contributed by atoms with Gasteiger partial charge in [0.25, 0.3) is 10.0 Å². The minimum atomic E-state index is -4.22. The summed E-state index contributed by atoms with van der Waals surface area (Å²) in [5, 5.41) is 3.67. The molecule has 10 heteroatoms. The molecule has 0 bridgehead atoms. The number of hydrogen-bond donors (Lipinski definition) is 1. The second-order valence-corrected chi connectivity index (χ2v) is 14.2. The minimum absolute atomic E-state index is 0.0103. The minimum Gasteiger partial charge on any atom is -0.494 e. The van der Waals surface area contributed by atoms with Crippen LogP contribution in [0.15, 0.2) is 114 Å². The molecule has 5 rings (SSSR count). The van der Waals surface area contributed by atoms with Crippen molar-refractivity contribution in [1.29, 1.82) is 0 Å². The van der Waals surface area contributed by atoms with Gasteiger partial charge in [0.2, 0.25) is 11.8 Å². The Balaban J connectivity index is 1.54. The van der Waals surface area contributed by atoms with E-state index in [-0.39, 0.29) is 29.8 Å². The van der Waals surface area contributed by atoms with E-state index in [0.29, 0.717) is 28.6 Å². The maximum atomic E-state index is 14.7. The SMILES string of the molecule is CCOc1ccc(S(=O)(=O)N(CC(=O)N(Cc2ccccc2Cl)C(Cc2ccccc2)C(=O)NC2CCCCC2)c2ccccc2)cc1. The molecule has 8 nitrogen and oxygen atoms in total. The Labute approximate surface area is 288 Å². The van der Waals surface area contributed by atoms with Gasteiger partial charge in [-0.25, -0.2) is 8.42 Å². The van der Waals surface area contributed by atoms with Crippen LogP contribution in [0.4, 0.5) is 5.69 Å². The number of benzene rings is 4. The van der Waals surface area contributed by atoms with Gasteiger partial charge in [0, 0.05) is 24.0 Å². The molecule has 0 saturated heterocycles. The molecule has 2 amide bonds. The molecule has 252 valence electrons. The Morgan fingerprint density at radius 2 is 1.48 bits per heavy atom. The first kappa shape index (κ1) is 35.0. The van der Waals surface area contributed by atoms with Crippen LogP contribution in [-0.4, -0.2) is 50.4 Å². The summed E-state index contributed by atoms with van der Waals surface area (Å²) < 4.78 is 35.1. The topological polar surface area (TPSA) is 96.0 Å². The normalized spacial score (nSPS) is 14.1. The van der Waals surface area contributed by atoms with Gasteiger partial charge in [-0.1, -0.05) is 97.6 Å².